The van der Waals surface area contributed by atoms with Gasteiger partial charge >= 0.3 is 0 Å². The zero-order valence-electron chi connectivity index (χ0n) is 16.4. The Kier molecular flexibility index (Phi) is 5.10. The minimum Gasteiger partial charge on any atom is -0.454 e. The molecule has 0 N–H and O–H groups in total. The molecule has 31 heavy (non-hydrogen) atoms. The Morgan fingerprint density at radius 2 is 1.84 bits per heavy atom. The van der Waals surface area contributed by atoms with Crippen LogP contribution in [0.5, 0.6) is 11.5 Å². The van der Waals surface area contributed by atoms with Crippen molar-refractivity contribution in [3.63, 3.8) is 0 Å². The van der Waals surface area contributed by atoms with E-state index in [0.29, 0.717) is 28.1 Å². The van der Waals surface area contributed by atoms with Crippen LogP contribution in [0.3, 0.4) is 0 Å². The van der Waals surface area contributed by atoms with E-state index in [2.05, 4.69) is 5.16 Å². The number of nitrogens with zero attached hydrogens (tertiary/aromatic N) is 2. The molecule has 0 aliphatic carbocycles. The third-order valence-corrected chi connectivity index (χ3v) is 5.43. The number of sulfone groups is 1. The molecule has 2 heterocycles. The summed E-state index contributed by atoms with van der Waals surface area (Å²) in [6, 6.07) is 7.49. The molecular weight excluding hydrogens is 430 g/mol. The van der Waals surface area contributed by atoms with Crippen LogP contribution < -0.4 is 10.3 Å². The van der Waals surface area contributed by atoms with Crippen molar-refractivity contribution in [3.8, 4) is 22.6 Å². The molecule has 0 unspecified atom stereocenters. The SMILES string of the molecule is Cn1cc(-c2cc(CS(C)(=O)=O)ccc2Oc2ccc(F)cc2F)c2cnoc2c1=O. The predicted molar refractivity (Wildman–Crippen MR) is 110 cm³/mol. The standard InChI is InChI=1S/C21H16F2N2O5S/c1-25-10-16(15-9-24-30-20(15)21(25)26)14-7-12(11-31(2,27)28)3-5-18(14)29-19-6-4-13(22)8-17(19)23/h3-10H,11H2,1-2H3. The lowest BCUT2D eigenvalue weighted by atomic mass is 10.0. The average Bonchev–Trinajstić information content (AvgIpc) is 3.17. The van der Waals surface area contributed by atoms with Crippen molar-refractivity contribution >= 4 is 20.8 Å². The largest absolute Gasteiger partial charge is 0.454 e. The van der Waals surface area contributed by atoms with Gasteiger partial charge in [0, 0.05) is 36.7 Å². The first-order chi connectivity index (χ1) is 14.6. The number of halogens is 2. The highest BCUT2D eigenvalue weighted by Gasteiger charge is 2.19. The number of aryl methyl sites for hydroxylation is 1. The van der Waals surface area contributed by atoms with Crippen molar-refractivity contribution in [2.75, 3.05) is 6.26 Å². The number of benzene rings is 2. The Balaban J connectivity index is 1.94. The summed E-state index contributed by atoms with van der Waals surface area (Å²) in [5.74, 6) is -1.93. The molecule has 7 nitrogen and oxygen atoms in total. The van der Waals surface area contributed by atoms with E-state index in [-0.39, 0.29) is 22.8 Å². The van der Waals surface area contributed by atoms with Gasteiger partial charge in [-0.15, -0.1) is 0 Å². The van der Waals surface area contributed by atoms with Gasteiger partial charge in [-0.05, 0) is 29.8 Å². The maximum atomic E-state index is 14.2. The monoisotopic (exact) mass is 446 g/mol. The van der Waals surface area contributed by atoms with E-state index >= 15 is 0 Å². The molecule has 160 valence electrons. The van der Waals surface area contributed by atoms with Gasteiger partial charge in [-0.25, -0.2) is 17.2 Å². The van der Waals surface area contributed by atoms with Crippen molar-refractivity contribution in [2.24, 2.45) is 7.05 Å². The minimum absolute atomic E-state index is 0.00688. The summed E-state index contributed by atoms with van der Waals surface area (Å²) in [6.45, 7) is 0. The van der Waals surface area contributed by atoms with Gasteiger partial charge in [-0.1, -0.05) is 11.2 Å². The lowest BCUT2D eigenvalue weighted by molar-refractivity contribution is 0.439. The second-order valence-electron chi connectivity index (χ2n) is 7.10. The first kappa shape index (κ1) is 20.7. The number of fused-ring (bicyclic) bond motifs is 1. The number of hydrogen-bond acceptors (Lipinski definition) is 6. The normalized spacial score (nSPS) is 11.7. The Hall–Kier alpha value is -3.53. The molecular formula is C21H16F2N2O5S. The van der Waals surface area contributed by atoms with Crippen molar-refractivity contribution in [1.29, 1.82) is 0 Å². The minimum atomic E-state index is -3.33. The average molecular weight is 446 g/mol. The maximum Gasteiger partial charge on any atom is 0.296 e. The van der Waals surface area contributed by atoms with Gasteiger partial charge in [0.15, 0.2) is 21.4 Å². The number of rotatable bonds is 5. The molecule has 2 aromatic carbocycles. The van der Waals surface area contributed by atoms with E-state index < -0.39 is 27.0 Å². The van der Waals surface area contributed by atoms with Crippen molar-refractivity contribution in [3.05, 3.63) is 76.3 Å². The van der Waals surface area contributed by atoms with Crippen molar-refractivity contribution < 1.29 is 26.5 Å². The fourth-order valence-electron chi connectivity index (χ4n) is 3.23. The van der Waals surface area contributed by atoms with E-state index in [0.717, 1.165) is 18.4 Å². The van der Waals surface area contributed by atoms with E-state index in [1.807, 2.05) is 0 Å². The summed E-state index contributed by atoms with van der Waals surface area (Å²) in [5, 5.41) is 4.06. The van der Waals surface area contributed by atoms with Crippen molar-refractivity contribution in [1.82, 2.24) is 9.72 Å². The van der Waals surface area contributed by atoms with Gasteiger partial charge in [0.2, 0.25) is 5.58 Å². The third kappa shape index (κ3) is 4.19. The summed E-state index contributed by atoms with van der Waals surface area (Å²) in [7, 11) is -1.81. The molecule has 10 heteroatoms. The van der Waals surface area contributed by atoms with E-state index in [1.165, 1.54) is 36.1 Å². The zero-order chi connectivity index (χ0) is 22.3. The molecule has 0 aliphatic rings. The molecule has 0 saturated carbocycles. The summed E-state index contributed by atoms with van der Waals surface area (Å²) in [5.41, 5.74) is 0.908. The van der Waals surface area contributed by atoms with Gasteiger partial charge in [0.05, 0.1) is 17.3 Å². The molecule has 0 aliphatic heterocycles. The summed E-state index contributed by atoms with van der Waals surface area (Å²) in [4.78, 5) is 12.3. The highest BCUT2D eigenvalue weighted by molar-refractivity contribution is 7.89. The molecule has 0 radical (unpaired) electrons. The lowest BCUT2D eigenvalue weighted by Crippen LogP contribution is -2.15. The fourth-order valence-corrected chi connectivity index (χ4v) is 4.01. The first-order valence-electron chi connectivity index (χ1n) is 9.00. The van der Waals surface area contributed by atoms with Crippen LogP contribution in [0.15, 0.2) is 58.1 Å². The van der Waals surface area contributed by atoms with Gasteiger partial charge in [0.1, 0.15) is 11.6 Å². The van der Waals surface area contributed by atoms with Crippen LogP contribution >= 0.6 is 0 Å². The topological polar surface area (TPSA) is 91.4 Å². The summed E-state index contributed by atoms with van der Waals surface area (Å²) in [6.07, 6.45) is 3.99. The molecule has 2 aromatic heterocycles. The smallest absolute Gasteiger partial charge is 0.296 e. The second-order valence-corrected chi connectivity index (χ2v) is 9.25. The fraction of sp³-hybridized carbons (Fsp3) is 0.143. The summed E-state index contributed by atoms with van der Waals surface area (Å²) < 4.78 is 63.1. The van der Waals surface area contributed by atoms with Crippen LogP contribution in [0.2, 0.25) is 0 Å². The van der Waals surface area contributed by atoms with Crippen LogP contribution in [0.1, 0.15) is 5.56 Å². The van der Waals surface area contributed by atoms with Gasteiger partial charge in [0.25, 0.3) is 5.56 Å². The van der Waals surface area contributed by atoms with Crippen LogP contribution in [-0.2, 0) is 22.6 Å². The van der Waals surface area contributed by atoms with Crippen LogP contribution in [0.4, 0.5) is 8.78 Å². The molecule has 0 amide bonds. The number of pyridine rings is 1. The number of ether oxygens (including phenoxy) is 1. The maximum absolute atomic E-state index is 14.2. The second kappa shape index (κ2) is 7.62. The van der Waals surface area contributed by atoms with Gasteiger partial charge in [-0.3, -0.25) is 4.79 Å². The van der Waals surface area contributed by atoms with E-state index in [1.54, 1.807) is 6.07 Å². The van der Waals surface area contributed by atoms with Gasteiger partial charge in [-0.2, -0.15) is 0 Å². The van der Waals surface area contributed by atoms with Crippen molar-refractivity contribution in [2.45, 2.75) is 5.75 Å². The van der Waals surface area contributed by atoms with Gasteiger partial charge < -0.3 is 13.8 Å². The highest BCUT2D eigenvalue weighted by Crippen LogP contribution is 2.38. The quantitative estimate of drug-likeness (QED) is 0.463. The molecule has 4 rings (SSSR count). The van der Waals surface area contributed by atoms with Crippen LogP contribution in [0, 0.1) is 11.6 Å². The molecule has 0 spiro atoms. The molecule has 0 bridgehead atoms. The third-order valence-electron chi connectivity index (χ3n) is 4.57. The zero-order valence-corrected chi connectivity index (χ0v) is 17.2. The molecule has 0 atom stereocenters. The predicted octanol–water partition coefficient (Wildman–Crippen LogP) is 3.81. The Morgan fingerprint density at radius 3 is 2.55 bits per heavy atom. The molecule has 0 saturated heterocycles. The molecule has 4 aromatic rings. The first-order valence-corrected chi connectivity index (χ1v) is 11.1. The summed E-state index contributed by atoms with van der Waals surface area (Å²) >= 11 is 0. The molecule has 0 fully saturated rings. The Morgan fingerprint density at radius 1 is 1.10 bits per heavy atom. The van der Waals surface area contributed by atoms with E-state index in [9.17, 15) is 22.0 Å². The van der Waals surface area contributed by atoms with Crippen LogP contribution in [-0.4, -0.2) is 24.4 Å². The number of hydrogen-bond donors (Lipinski definition) is 0. The van der Waals surface area contributed by atoms with Crippen LogP contribution in [0.25, 0.3) is 22.1 Å². The number of aromatic nitrogens is 2. The Labute approximate surface area is 175 Å². The van der Waals surface area contributed by atoms with E-state index in [4.69, 9.17) is 9.26 Å². The lowest BCUT2D eigenvalue weighted by Gasteiger charge is -2.15. The Bertz CT molecular complexity index is 1480. The highest BCUT2D eigenvalue weighted by atomic mass is 32.2.